The lowest BCUT2D eigenvalue weighted by Gasteiger charge is -2.13. The van der Waals surface area contributed by atoms with E-state index in [0.29, 0.717) is 31.1 Å². The van der Waals surface area contributed by atoms with Gasteiger partial charge in [0.1, 0.15) is 6.61 Å². The van der Waals surface area contributed by atoms with Gasteiger partial charge in [0.25, 0.3) is 0 Å². The topological polar surface area (TPSA) is 59.9 Å². The van der Waals surface area contributed by atoms with Gasteiger partial charge in [-0.15, -0.1) is 0 Å². The van der Waals surface area contributed by atoms with E-state index in [9.17, 15) is 4.79 Å². The molecule has 0 bridgehead atoms. The zero-order chi connectivity index (χ0) is 20.5. The molecule has 148 valence electrons. The first-order valence-corrected chi connectivity index (χ1v) is 10.1. The van der Waals surface area contributed by atoms with E-state index in [2.05, 4.69) is 45.8 Å². The summed E-state index contributed by atoms with van der Waals surface area (Å²) < 4.78 is 12.3. The second kappa shape index (κ2) is 10.8. The molecule has 0 aromatic heterocycles. The number of halogens is 1. The third-order valence-electron chi connectivity index (χ3n) is 3.93. The van der Waals surface area contributed by atoms with Crippen molar-refractivity contribution in [2.75, 3.05) is 13.2 Å². The molecule has 0 unspecified atom stereocenters. The Hall–Kier alpha value is -2.35. The molecule has 6 heteroatoms. The summed E-state index contributed by atoms with van der Waals surface area (Å²) in [4.78, 5) is 12.2. The van der Waals surface area contributed by atoms with Crippen LogP contribution in [-0.2, 0) is 11.2 Å². The molecule has 0 aliphatic rings. The Labute approximate surface area is 180 Å². The number of hydrogen-bond donors (Lipinski definition) is 1. The van der Waals surface area contributed by atoms with Crippen molar-refractivity contribution in [3.05, 3.63) is 68.8 Å². The summed E-state index contributed by atoms with van der Waals surface area (Å²) in [7, 11) is 0. The van der Waals surface area contributed by atoms with Gasteiger partial charge in [-0.05, 0) is 72.2 Å². The lowest BCUT2D eigenvalue weighted by Crippen LogP contribution is -2.20. The van der Waals surface area contributed by atoms with Crippen LogP contribution < -0.4 is 14.9 Å². The molecule has 0 saturated carbocycles. The third-order valence-corrected chi connectivity index (χ3v) is 4.73. The van der Waals surface area contributed by atoms with Crippen LogP contribution in [0.4, 0.5) is 0 Å². The Morgan fingerprint density at radius 2 is 2.04 bits per heavy atom. The van der Waals surface area contributed by atoms with Gasteiger partial charge in [0.2, 0.25) is 5.91 Å². The Balaban J connectivity index is 2.06. The number of nitrogens with one attached hydrogen (secondary N) is 1. The molecule has 0 spiro atoms. The second-order valence-corrected chi connectivity index (χ2v) is 7.42. The van der Waals surface area contributed by atoms with Crippen LogP contribution in [-0.4, -0.2) is 25.3 Å². The summed E-state index contributed by atoms with van der Waals surface area (Å²) in [5.41, 5.74) is 6.67. The van der Waals surface area contributed by atoms with Gasteiger partial charge < -0.3 is 9.47 Å². The van der Waals surface area contributed by atoms with E-state index >= 15 is 0 Å². The number of benzene rings is 2. The van der Waals surface area contributed by atoms with Gasteiger partial charge in [0.05, 0.1) is 22.8 Å². The lowest BCUT2D eigenvalue weighted by molar-refractivity contribution is -0.120. The van der Waals surface area contributed by atoms with E-state index in [1.807, 2.05) is 45.0 Å². The fraction of sp³-hybridized carbons (Fsp3) is 0.273. The Kier molecular flexibility index (Phi) is 8.50. The molecule has 2 aromatic carbocycles. The van der Waals surface area contributed by atoms with E-state index in [1.165, 1.54) is 5.56 Å². The Bertz CT molecular complexity index is 878. The summed E-state index contributed by atoms with van der Waals surface area (Å²) in [6.45, 7) is 10.5. The highest BCUT2D eigenvalue weighted by atomic mass is 127. The van der Waals surface area contributed by atoms with Crippen molar-refractivity contribution in [3.8, 4) is 11.5 Å². The standard InChI is InChI=1S/C22H25IN2O3/c1-5-9-28-22-19(23)11-17(12-20(22)27-6-2)14-24-25-21(26)13-18-8-7-15(3)10-16(18)4/h5,7-8,10-12,14H,1,6,9,13H2,2-4H3,(H,25,26)/b24-14-. The Morgan fingerprint density at radius 3 is 2.71 bits per heavy atom. The van der Waals surface area contributed by atoms with Crippen LogP contribution in [0.25, 0.3) is 0 Å². The highest BCUT2D eigenvalue weighted by molar-refractivity contribution is 14.1. The first kappa shape index (κ1) is 21.9. The third kappa shape index (κ3) is 6.37. The molecule has 5 nitrogen and oxygen atoms in total. The molecular weight excluding hydrogens is 467 g/mol. The number of hydrogen-bond acceptors (Lipinski definition) is 4. The van der Waals surface area contributed by atoms with Crippen LogP contribution in [0.3, 0.4) is 0 Å². The molecule has 0 atom stereocenters. The van der Waals surface area contributed by atoms with Crippen LogP contribution >= 0.6 is 22.6 Å². The minimum absolute atomic E-state index is 0.158. The summed E-state index contributed by atoms with van der Waals surface area (Å²) >= 11 is 2.19. The summed E-state index contributed by atoms with van der Waals surface area (Å²) in [5.74, 6) is 1.16. The van der Waals surface area contributed by atoms with Gasteiger partial charge in [-0.1, -0.05) is 36.4 Å². The first-order valence-electron chi connectivity index (χ1n) is 9.02. The van der Waals surface area contributed by atoms with Crippen LogP contribution in [0.1, 0.15) is 29.2 Å². The molecular formula is C22H25IN2O3. The van der Waals surface area contributed by atoms with E-state index < -0.39 is 0 Å². The van der Waals surface area contributed by atoms with Crippen molar-refractivity contribution in [2.45, 2.75) is 27.2 Å². The number of carbonyl (C=O) groups excluding carboxylic acids is 1. The molecule has 0 aliphatic heterocycles. The average molecular weight is 492 g/mol. The first-order chi connectivity index (χ1) is 13.4. The smallest absolute Gasteiger partial charge is 0.244 e. The maximum atomic E-state index is 12.2. The summed E-state index contributed by atoms with van der Waals surface area (Å²) in [6.07, 6.45) is 3.58. The number of hydrazone groups is 1. The maximum Gasteiger partial charge on any atom is 0.244 e. The van der Waals surface area contributed by atoms with E-state index in [4.69, 9.17) is 9.47 Å². The molecule has 0 heterocycles. The number of aryl methyl sites for hydroxylation is 2. The fourth-order valence-electron chi connectivity index (χ4n) is 2.64. The zero-order valence-electron chi connectivity index (χ0n) is 16.4. The predicted molar refractivity (Wildman–Crippen MR) is 121 cm³/mol. The van der Waals surface area contributed by atoms with Crippen molar-refractivity contribution < 1.29 is 14.3 Å². The van der Waals surface area contributed by atoms with Crippen LogP contribution in [0, 0.1) is 17.4 Å². The number of amides is 1. The highest BCUT2D eigenvalue weighted by Gasteiger charge is 2.11. The molecule has 2 aromatic rings. The SMILES string of the molecule is C=CCOc1c(I)cc(/C=N\NC(=O)Cc2ccc(C)cc2C)cc1OCC. The number of nitrogens with zero attached hydrogens (tertiary/aromatic N) is 1. The largest absolute Gasteiger partial charge is 0.490 e. The van der Waals surface area contributed by atoms with Gasteiger partial charge >= 0.3 is 0 Å². The maximum absolute atomic E-state index is 12.2. The average Bonchev–Trinajstić information content (AvgIpc) is 2.64. The van der Waals surface area contributed by atoms with Gasteiger partial charge in [-0.2, -0.15) is 5.10 Å². The number of rotatable bonds is 9. The van der Waals surface area contributed by atoms with Crippen LogP contribution in [0.2, 0.25) is 0 Å². The zero-order valence-corrected chi connectivity index (χ0v) is 18.6. The van der Waals surface area contributed by atoms with Crippen molar-refractivity contribution in [3.63, 3.8) is 0 Å². The lowest BCUT2D eigenvalue weighted by atomic mass is 10.0. The minimum Gasteiger partial charge on any atom is -0.490 e. The minimum atomic E-state index is -0.158. The van der Waals surface area contributed by atoms with Gasteiger partial charge in [-0.3, -0.25) is 4.79 Å². The van der Waals surface area contributed by atoms with Crippen molar-refractivity contribution in [1.29, 1.82) is 0 Å². The molecule has 0 fully saturated rings. The quantitative estimate of drug-likeness (QED) is 0.242. The summed E-state index contributed by atoms with van der Waals surface area (Å²) in [6, 6.07) is 9.81. The molecule has 2 rings (SSSR count). The number of carbonyl (C=O) groups is 1. The summed E-state index contributed by atoms with van der Waals surface area (Å²) in [5, 5.41) is 4.08. The van der Waals surface area contributed by atoms with Gasteiger partial charge in [-0.25, -0.2) is 5.43 Å². The number of ether oxygens (including phenoxy) is 2. The van der Waals surface area contributed by atoms with E-state index in [-0.39, 0.29) is 5.91 Å². The van der Waals surface area contributed by atoms with Crippen molar-refractivity contribution >= 4 is 34.7 Å². The Morgan fingerprint density at radius 1 is 1.25 bits per heavy atom. The van der Waals surface area contributed by atoms with Crippen molar-refractivity contribution in [2.24, 2.45) is 5.10 Å². The monoisotopic (exact) mass is 492 g/mol. The second-order valence-electron chi connectivity index (χ2n) is 6.26. The fourth-order valence-corrected chi connectivity index (χ4v) is 3.42. The normalized spacial score (nSPS) is 10.7. The molecule has 28 heavy (non-hydrogen) atoms. The predicted octanol–water partition coefficient (Wildman–Crippen LogP) is 4.56. The molecule has 1 N–H and O–H groups in total. The van der Waals surface area contributed by atoms with Gasteiger partial charge in [0.15, 0.2) is 11.5 Å². The van der Waals surface area contributed by atoms with E-state index in [1.54, 1.807) is 12.3 Å². The highest BCUT2D eigenvalue weighted by Crippen LogP contribution is 2.33. The molecule has 0 radical (unpaired) electrons. The van der Waals surface area contributed by atoms with Gasteiger partial charge in [0, 0.05) is 0 Å². The molecule has 0 saturated heterocycles. The molecule has 0 aliphatic carbocycles. The van der Waals surface area contributed by atoms with Crippen LogP contribution in [0.15, 0.2) is 48.1 Å². The van der Waals surface area contributed by atoms with E-state index in [0.717, 1.165) is 20.3 Å². The van der Waals surface area contributed by atoms with Crippen molar-refractivity contribution in [1.82, 2.24) is 5.43 Å². The molecule has 1 amide bonds. The van der Waals surface area contributed by atoms with Crippen LogP contribution in [0.5, 0.6) is 11.5 Å².